The van der Waals surface area contributed by atoms with E-state index in [4.69, 9.17) is 20.2 Å². The highest BCUT2D eigenvalue weighted by atomic mass is 79.9. The summed E-state index contributed by atoms with van der Waals surface area (Å²) < 4.78 is 14.4. The van der Waals surface area contributed by atoms with Crippen LogP contribution >= 0.6 is 40.7 Å². The molecule has 0 spiro atoms. The fourth-order valence-corrected chi connectivity index (χ4v) is 4.07. The first-order valence-corrected chi connectivity index (χ1v) is 10.3. The minimum absolute atomic E-state index is 0. The van der Waals surface area contributed by atoms with Crippen molar-refractivity contribution < 1.29 is 9.47 Å². The van der Waals surface area contributed by atoms with Gasteiger partial charge < -0.3 is 24.5 Å². The molecule has 0 aliphatic carbocycles. The standard InChI is InChI=1S/C21H25BrN4O2.2ClH/c1-13(2)28-19-10-20(27-3)17(22)9-16(19)18-12-26-7-5-15(8-21(26)24-18)25-6-4-14(23)11-25;;/h5,7-10,12-14H,4,6,11,23H2,1-3H3;2*1H/t14-;;/m0../s1. The SMILES string of the molecule is COc1cc(OC(C)C)c(-c2cn3ccc(N4CC[C@H](N)C4)cc3n2)cc1Br.Cl.Cl. The van der Waals surface area contributed by atoms with Crippen molar-refractivity contribution in [3.05, 3.63) is 41.1 Å². The highest BCUT2D eigenvalue weighted by molar-refractivity contribution is 9.10. The average molecular weight is 518 g/mol. The van der Waals surface area contributed by atoms with E-state index < -0.39 is 0 Å². The van der Waals surface area contributed by atoms with E-state index >= 15 is 0 Å². The van der Waals surface area contributed by atoms with E-state index in [2.05, 4.69) is 33.0 Å². The number of imidazole rings is 1. The van der Waals surface area contributed by atoms with Gasteiger partial charge in [-0.05, 0) is 48.3 Å². The molecular weight excluding hydrogens is 491 g/mol. The molecule has 1 aliphatic heterocycles. The molecule has 164 valence electrons. The predicted octanol–water partition coefficient (Wildman–Crippen LogP) is 4.94. The van der Waals surface area contributed by atoms with Crippen molar-refractivity contribution >= 4 is 52.1 Å². The number of fused-ring (bicyclic) bond motifs is 1. The maximum Gasteiger partial charge on any atom is 0.139 e. The maximum atomic E-state index is 6.06. The zero-order valence-corrected chi connectivity index (χ0v) is 20.4. The minimum atomic E-state index is 0. The Bertz CT molecular complexity index is 1010. The summed E-state index contributed by atoms with van der Waals surface area (Å²) in [5.41, 5.74) is 9.90. The number of aromatic nitrogens is 2. The Kier molecular flexibility index (Phi) is 8.27. The molecule has 1 atom stereocenters. The number of pyridine rings is 1. The molecule has 2 aromatic heterocycles. The van der Waals surface area contributed by atoms with E-state index in [1.807, 2.05) is 42.8 Å². The summed E-state index contributed by atoms with van der Waals surface area (Å²) in [7, 11) is 1.65. The van der Waals surface area contributed by atoms with Crippen LogP contribution in [0.3, 0.4) is 0 Å². The predicted molar refractivity (Wildman–Crippen MR) is 130 cm³/mol. The van der Waals surface area contributed by atoms with Gasteiger partial charge >= 0.3 is 0 Å². The average Bonchev–Trinajstić information content (AvgIpc) is 3.27. The van der Waals surface area contributed by atoms with Gasteiger partial charge in [-0.25, -0.2) is 4.98 Å². The molecule has 3 heterocycles. The second-order valence-corrected chi connectivity index (χ2v) is 8.28. The summed E-state index contributed by atoms with van der Waals surface area (Å²) in [5, 5.41) is 0. The van der Waals surface area contributed by atoms with Crippen LogP contribution in [0.1, 0.15) is 20.3 Å². The number of hydrogen-bond acceptors (Lipinski definition) is 5. The lowest BCUT2D eigenvalue weighted by atomic mass is 10.1. The molecule has 1 aliphatic rings. The van der Waals surface area contributed by atoms with Gasteiger partial charge in [0.2, 0.25) is 0 Å². The molecule has 0 amide bonds. The molecule has 0 radical (unpaired) electrons. The van der Waals surface area contributed by atoms with Gasteiger partial charge in [0.1, 0.15) is 17.1 Å². The number of methoxy groups -OCH3 is 1. The number of nitrogens with two attached hydrogens (primary N) is 1. The molecule has 4 rings (SSSR count). The van der Waals surface area contributed by atoms with E-state index in [0.29, 0.717) is 0 Å². The molecule has 1 saturated heterocycles. The summed E-state index contributed by atoms with van der Waals surface area (Å²) in [6.07, 6.45) is 5.15. The highest BCUT2D eigenvalue weighted by Crippen LogP contribution is 2.39. The summed E-state index contributed by atoms with van der Waals surface area (Å²) >= 11 is 3.58. The summed E-state index contributed by atoms with van der Waals surface area (Å²) in [6.45, 7) is 5.90. The molecule has 0 bridgehead atoms. The van der Waals surface area contributed by atoms with Crippen LogP contribution in [0.2, 0.25) is 0 Å². The van der Waals surface area contributed by atoms with Gasteiger partial charge in [-0.2, -0.15) is 0 Å². The lowest BCUT2D eigenvalue weighted by molar-refractivity contribution is 0.242. The smallest absolute Gasteiger partial charge is 0.139 e. The van der Waals surface area contributed by atoms with E-state index in [1.54, 1.807) is 7.11 Å². The first kappa shape index (κ1) is 24.6. The van der Waals surface area contributed by atoms with E-state index in [9.17, 15) is 0 Å². The second kappa shape index (κ2) is 10.1. The quantitative estimate of drug-likeness (QED) is 0.519. The van der Waals surface area contributed by atoms with Crippen molar-refractivity contribution in [1.82, 2.24) is 9.38 Å². The normalized spacial score (nSPS) is 15.8. The van der Waals surface area contributed by atoms with Crippen LogP contribution in [-0.2, 0) is 0 Å². The van der Waals surface area contributed by atoms with Crippen molar-refractivity contribution in [1.29, 1.82) is 0 Å². The number of benzene rings is 1. The van der Waals surface area contributed by atoms with Crippen molar-refractivity contribution in [2.75, 3.05) is 25.1 Å². The van der Waals surface area contributed by atoms with Gasteiger partial charge in [0.25, 0.3) is 0 Å². The number of halogens is 3. The third-order valence-corrected chi connectivity index (χ3v) is 5.55. The molecule has 3 aromatic rings. The third-order valence-electron chi connectivity index (χ3n) is 4.93. The van der Waals surface area contributed by atoms with Crippen LogP contribution in [-0.4, -0.2) is 41.7 Å². The Balaban J connectivity index is 0.00000160. The van der Waals surface area contributed by atoms with Crippen LogP contribution in [0.4, 0.5) is 5.69 Å². The Hall–Kier alpha value is -1.67. The number of anilines is 1. The Labute approximate surface area is 197 Å². The first-order valence-electron chi connectivity index (χ1n) is 9.48. The fourth-order valence-electron chi connectivity index (χ4n) is 3.56. The molecule has 9 heteroatoms. The molecule has 0 unspecified atom stereocenters. The zero-order valence-electron chi connectivity index (χ0n) is 17.2. The topological polar surface area (TPSA) is 65.0 Å². The number of nitrogens with zero attached hydrogens (tertiary/aromatic N) is 3. The molecule has 2 N–H and O–H groups in total. The van der Waals surface area contributed by atoms with E-state index in [-0.39, 0.29) is 37.0 Å². The summed E-state index contributed by atoms with van der Waals surface area (Å²) in [5.74, 6) is 1.49. The molecule has 30 heavy (non-hydrogen) atoms. The second-order valence-electron chi connectivity index (χ2n) is 7.42. The lowest BCUT2D eigenvalue weighted by Crippen LogP contribution is -2.26. The molecule has 6 nitrogen and oxygen atoms in total. The van der Waals surface area contributed by atoms with Gasteiger partial charge in [-0.1, -0.05) is 0 Å². The van der Waals surface area contributed by atoms with Gasteiger partial charge in [-0.3, -0.25) is 0 Å². The Morgan fingerprint density at radius 1 is 1.20 bits per heavy atom. The highest BCUT2D eigenvalue weighted by Gasteiger charge is 2.20. The number of rotatable bonds is 5. The van der Waals surface area contributed by atoms with Gasteiger partial charge in [0.15, 0.2) is 0 Å². The number of ether oxygens (including phenoxy) is 2. The Morgan fingerprint density at radius 3 is 2.60 bits per heavy atom. The van der Waals surface area contributed by atoms with Crippen LogP contribution in [0.5, 0.6) is 11.5 Å². The third kappa shape index (κ3) is 4.97. The molecule has 1 fully saturated rings. The van der Waals surface area contributed by atoms with Crippen molar-refractivity contribution in [3.8, 4) is 22.8 Å². The molecule has 0 saturated carbocycles. The first-order chi connectivity index (χ1) is 13.4. The zero-order chi connectivity index (χ0) is 19.8. The van der Waals surface area contributed by atoms with Crippen LogP contribution in [0.15, 0.2) is 41.1 Å². The van der Waals surface area contributed by atoms with Gasteiger partial charge in [0, 0.05) is 54.9 Å². The maximum absolute atomic E-state index is 6.06. The summed E-state index contributed by atoms with van der Waals surface area (Å²) in [6, 6.07) is 8.38. The van der Waals surface area contributed by atoms with Crippen molar-refractivity contribution in [3.63, 3.8) is 0 Å². The minimum Gasteiger partial charge on any atom is -0.495 e. The van der Waals surface area contributed by atoms with Crippen molar-refractivity contribution in [2.45, 2.75) is 32.4 Å². The van der Waals surface area contributed by atoms with Crippen LogP contribution in [0, 0.1) is 0 Å². The van der Waals surface area contributed by atoms with Crippen LogP contribution in [0.25, 0.3) is 16.9 Å². The van der Waals surface area contributed by atoms with Crippen molar-refractivity contribution in [2.24, 2.45) is 5.73 Å². The van der Waals surface area contributed by atoms with E-state index in [0.717, 1.165) is 58.1 Å². The lowest BCUT2D eigenvalue weighted by Gasteiger charge is -2.17. The van der Waals surface area contributed by atoms with E-state index in [1.165, 1.54) is 0 Å². The summed E-state index contributed by atoms with van der Waals surface area (Å²) in [4.78, 5) is 7.18. The van der Waals surface area contributed by atoms with Gasteiger partial charge in [0.05, 0.1) is 23.4 Å². The number of hydrogen-bond donors (Lipinski definition) is 1. The largest absolute Gasteiger partial charge is 0.495 e. The fraction of sp³-hybridized carbons (Fsp3) is 0.381. The Morgan fingerprint density at radius 2 is 1.97 bits per heavy atom. The van der Waals surface area contributed by atoms with Crippen LogP contribution < -0.4 is 20.1 Å². The van der Waals surface area contributed by atoms with Gasteiger partial charge in [-0.15, -0.1) is 24.8 Å². The monoisotopic (exact) mass is 516 g/mol. The molecular formula is C21H27BrCl2N4O2. The molecule has 1 aromatic carbocycles.